The molecule has 2 aromatic carbocycles. The molecule has 0 spiro atoms. The van der Waals surface area contributed by atoms with Gasteiger partial charge in [-0.1, -0.05) is 6.07 Å². The molecule has 0 radical (unpaired) electrons. The van der Waals surface area contributed by atoms with Crippen LogP contribution in [0.25, 0.3) is 22.0 Å². The topological polar surface area (TPSA) is 58.1 Å². The minimum atomic E-state index is -0.294. The van der Waals surface area contributed by atoms with Gasteiger partial charge < -0.3 is 10.2 Å². The lowest BCUT2D eigenvalue weighted by atomic mass is 10.0. The van der Waals surface area contributed by atoms with Gasteiger partial charge in [-0.25, -0.2) is 14.4 Å². The summed E-state index contributed by atoms with van der Waals surface area (Å²) in [5, 5.41) is 4.39. The van der Waals surface area contributed by atoms with Gasteiger partial charge in [0.1, 0.15) is 18.0 Å². The summed E-state index contributed by atoms with van der Waals surface area (Å²) in [4.78, 5) is 22.6. The molecule has 0 unspecified atom stereocenters. The zero-order valence-electron chi connectivity index (χ0n) is 16.4. The molecule has 148 valence electrons. The molecule has 3 aromatic rings. The van der Waals surface area contributed by atoms with Crippen LogP contribution in [0.2, 0.25) is 0 Å². The number of hydrogen-bond donors (Lipinski definition) is 1. The molecule has 1 aromatic heterocycles. The van der Waals surface area contributed by atoms with Gasteiger partial charge in [-0.3, -0.25) is 4.79 Å². The van der Waals surface area contributed by atoms with Crippen molar-refractivity contribution >= 4 is 22.6 Å². The van der Waals surface area contributed by atoms with Crippen LogP contribution in [0.4, 0.5) is 10.2 Å². The van der Waals surface area contributed by atoms with Gasteiger partial charge in [-0.15, -0.1) is 0 Å². The number of fused-ring (bicyclic) bond motifs is 1. The standard InChI is InChI=1S/C23H23FN4O/c1-14(29)28(20-5-6-20)12-15-8-17(10-18(24)9-15)16-2-7-22-21(11-16)23(26-13-25-22)27-19-3-4-19/h2,7-11,13,19-20H,3-6,12H2,1H3,(H,25,26,27). The predicted molar refractivity (Wildman–Crippen MR) is 111 cm³/mol. The first-order chi connectivity index (χ1) is 14.1. The van der Waals surface area contributed by atoms with E-state index in [1.165, 1.54) is 12.1 Å². The molecule has 5 rings (SSSR count). The Morgan fingerprint density at radius 3 is 2.66 bits per heavy atom. The Bertz CT molecular complexity index is 1090. The van der Waals surface area contributed by atoms with E-state index in [4.69, 9.17) is 0 Å². The highest BCUT2D eigenvalue weighted by molar-refractivity contribution is 5.92. The number of benzene rings is 2. The molecule has 0 aliphatic heterocycles. The number of nitrogens with zero attached hydrogens (tertiary/aromatic N) is 3. The number of rotatable bonds is 6. The lowest BCUT2D eigenvalue weighted by molar-refractivity contribution is -0.130. The molecule has 6 heteroatoms. The number of carbonyl (C=O) groups is 1. The van der Waals surface area contributed by atoms with Crippen molar-refractivity contribution in [3.8, 4) is 11.1 Å². The Kier molecular flexibility index (Phi) is 4.42. The van der Waals surface area contributed by atoms with Gasteiger partial charge in [0.25, 0.3) is 0 Å². The van der Waals surface area contributed by atoms with Crippen molar-refractivity contribution in [1.29, 1.82) is 0 Å². The maximum atomic E-state index is 14.4. The van der Waals surface area contributed by atoms with Gasteiger partial charge in [0.05, 0.1) is 5.52 Å². The molecule has 2 aliphatic carbocycles. The van der Waals surface area contributed by atoms with E-state index in [1.54, 1.807) is 13.3 Å². The number of nitrogens with one attached hydrogen (secondary N) is 1. The van der Waals surface area contributed by atoms with Gasteiger partial charge in [0, 0.05) is 30.9 Å². The second-order valence-electron chi connectivity index (χ2n) is 8.10. The second-order valence-corrected chi connectivity index (χ2v) is 8.10. The predicted octanol–water partition coefficient (Wildman–Crippen LogP) is 4.52. The fraction of sp³-hybridized carbons (Fsp3) is 0.348. The van der Waals surface area contributed by atoms with Crippen LogP contribution in [-0.4, -0.2) is 32.9 Å². The highest BCUT2D eigenvalue weighted by atomic mass is 19.1. The van der Waals surface area contributed by atoms with E-state index in [2.05, 4.69) is 15.3 Å². The van der Waals surface area contributed by atoms with Gasteiger partial charge in [0.15, 0.2) is 0 Å². The molecule has 0 atom stereocenters. The minimum Gasteiger partial charge on any atom is -0.367 e. The SMILES string of the molecule is CC(=O)N(Cc1cc(F)cc(-c2ccc3ncnc(NC4CC4)c3c2)c1)C1CC1. The lowest BCUT2D eigenvalue weighted by Crippen LogP contribution is -2.30. The van der Waals surface area contributed by atoms with Crippen molar-refractivity contribution in [3.63, 3.8) is 0 Å². The van der Waals surface area contributed by atoms with E-state index in [9.17, 15) is 9.18 Å². The molecule has 29 heavy (non-hydrogen) atoms. The van der Waals surface area contributed by atoms with Gasteiger partial charge >= 0.3 is 0 Å². The number of carbonyl (C=O) groups excluding carboxylic acids is 1. The van der Waals surface area contributed by atoms with E-state index >= 15 is 0 Å². The molecule has 2 aliphatic rings. The summed E-state index contributed by atoms with van der Waals surface area (Å²) >= 11 is 0. The normalized spacial score (nSPS) is 16.1. The highest BCUT2D eigenvalue weighted by Crippen LogP contribution is 2.32. The summed E-state index contributed by atoms with van der Waals surface area (Å²) in [6.45, 7) is 2.02. The largest absolute Gasteiger partial charge is 0.367 e. The van der Waals surface area contributed by atoms with Crippen molar-refractivity contribution in [2.24, 2.45) is 0 Å². The fourth-order valence-corrected chi connectivity index (χ4v) is 3.76. The van der Waals surface area contributed by atoms with Crippen molar-refractivity contribution in [1.82, 2.24) is 14.9 Å². The van der Waals surface area contributed by atoms with E-state index in [0.29, 0.717) is 18.6 Å². The van der Waals surface area contributed by atoms with Gasteiger partial charge in [-0.2, -0.15) is 0 Å². The van der Waals surface area contributed by atoms with E-state index in [-0.39, 0.29) is 11.7 Å². The number of amides is 1. The second kappa shape index (κ2) is 7.10. The first kappa shape index (κ1) is 18.0. The van der Waals surface area contributed by atoms with Crippen LogP contribution in [0.15, 0.2) is 42.7 Å². The van der Waals surface area contributed by atoms with Crippen LogP contribution in [0, 0.1) is 5.82 Å². The summed E-state index contributed by atoms with van der Waals surface area (Å²) in [5.41, 5.74) is 3.37. The Hall–Kier alpha value is -3.02. The minimum absolute atomic E-state index is 0.0388. The first-order valence-electron chi connectivity index (χ1n) is 10.2. The van der Waals surface area contributed by atoms with Crippen LogP contribution >= 0.6 is 0 Å². The highest BCUT2D eigenvalue weighted by Gasteiger charge is 2.30. The Morgan fingerprint density at radius 1 is 1.10 bits per heavy atom. The number of hydrogen-bond acceptors (Lipinski definition) is 4. The molecule has 1 N–H and O–H groups in total. The van der Waals surface area contributed by atoms with Crippen LogP contribution in [0.5, 0.6) is 0 Å². The smallest absolute Gasteiger partial charge is 0.219 e. The molecular formula is C23H23FN4O. The van der Waals surface area contributed by atoms with Crippen LogP contribution < -0.4 is 5.32 Å². The number of aromatic nitrogens is 2. The summed E-state index contributed by atoms with van der Waals surface area (Å²) in [7, 11) is 0. The van der Waals surface area contributed by atoms with Gasteiger partial charge in [0.2, 0.25) is 5.91 Å². The molecule has 1 heterocycles. The summed E-state index contributed by atoms with van der Waals surface area (Å²) in [5.74, 6) is 0.571. The number of anilines is 1. The summed E-state index contributed by atoms with van der Waals surface area (Å²) in [6.07, 6.45) is 5.95. The fourth-order valence-electron chi connectivity index (χ4n) is 3.76. The molecule has 0 saturated heterocycles. The molecule has 1 amide bonds. The number of halogens is 1. The zero-order chi connectivity index (χ0) is 20.0. The summed E-state index contributed by atoms with van der Waals surface area (Å²) < 4.78 is 14.4. The van der Waals surface area contributed by atoms with E-state index < -0.39 is 0 Å². The Balaban J connectivity index is 1.50. The third kappa shape index (κ3) is 3.92. The lowest BCUT2D eigenvalue weighted by Gasteiger charge is -2.21. The average molecular weight is 390 g/mol. The maximum absolute atomic E-state index is 14.4. The van der Waals surface area contributed by atoms with E-state index in [0.717, 1.165) is 59.1 Å². The summed E-state index contributed by atoms with van der Waals surface area (Å²) in [6, 6.07) is 11.7. The molecular weight excluding hydrogens is 367 g/mol. The average Bonchev–Trinajstić information content (AvgIpc) is 3.60. The van der Waals surface area contributed by atoms with Crippen molar-refractivity contribution in [2.45, 2.75) is 51.2 Å². The van der Waals surface area contributed by atoms with Crippen molar-refractivity contribution in [3.05, 3.63) is 54.1 Å². The van der Waals surface area contributed by atoms with Crippen LogP contribution in [0.1, 0.15) is 38.2 Å². The molecule has 5 nitrogen and oxygen atoms in total. The molecule has 2 fully saturated rings. The quantitative estimate of drug-likeness (QED) is 0.672. The first-order valence-corrected chi connectivity index (χ1v) is 10.2. The molecule has 2 saturated carbocycles. The Labute approximate surface area is 169 Å². The third-order valence-corrected chi connectivity index (χ3v) is 5.59. The van der Waals surface area contributed by atoms with Crippen molar-refractivity contribution < 1.29 is 9.18 Å². The molecule has 0 bridgehead atoms. The van der Waals surface area contributed by atoms with Crippen LogP contribution in [-0.2, 0) is 11.3 Å². The van der Waals surface area contributed by atoms with Crippen molar-refractivity contribution in [2.75, 3.05) is 5.32 Å². The van der Waals surface area contributed by atoms with Crippen LogP contribution in [0.3, 0.4) is 0 Å². The van der Waals surface area contributed by atoms with E-state index in [1.807, 2.05) is 29.2 Å². The monoisotopic (exact) mass is 390 g/mol. The Morgan fingerprint density at radius 2 is 1.93 bits per heavy atom. The third-order valence-electron chi connectivity index (χ3n) is 5.59. The van der Waals surface area contributed by atoms with Gasteiger partial charge in [-0.05, 0) is 72.7 Å². The maximum Gasteiger partial charge on any atom is 0.219 e. The zero-order valence-corrected chi connectivity index (χ0v) is 16.4.